The first-order valence-corrected chi connectivity index (χ1v) is 6.69. The van der Waals surface area contributed by atoms with E-state index in [0.29, 0.717) is 0 Å². The Morgan fingerprint density at radius 3 is 3.07 bits per heavy atom. The standard InChI is InChI=1S/C14H16S/c1-2-10-7-8-12-11-5-3-4-6-13(11)15-14(12)9-10/h3-6,10H,2,7-9H2,1H3. The van der Waals surface area contributed by atoms with E-state index in [4.69, 9.17) is 0 Å². The number of rotatable bonds is 1. The molecule has 1 unspecified atom stereocenters. The minimum atomic E-state index is 0.936. The quantitative estimate of drug-likeness (QED) is 0.662. The molecular weight excluding hydrogens is 200 g/mol. The molecule has 1 heterocycles. The third-order valence-electron chi connectivity index (χ3n) is 3.64. The summed E-state index contributed by atoms with van der Waals surface area (Å²) in [5.41, 5.74) is 1.65. The topological polar surface area (TPSA) is 0 Å². The summed E-state index contributed by atoms with van der Waals surface area (Å²) in [6.07, 6.45) is 5.36. The van der Waals surface area contributed by atoms with E-state index >= 15 is 0 Å². The van der Waals surface area contributed by atoms with Crippen LogP contribution < -0.4 is 0 Å². The van der Waals surface area contributed by atoms with Crippen LogP contribution in [0.2, 0.25) is 0 Å². The molecule has 0 bridgehead atoms. The molecule has 0 spiro atoms. The molecule has 0 aliphatic heterocycles. The van der Waals surface area contributed by atoms with Crippen LogP contribution in [0, 0.1) is 5.92 Å². The highest BCUT2D eigenvalue weighted by molar-refractivity contribution is 7.19. The number of thiophene rings is 1. The van der Waals surface area contributed by atoms with Crippen LogP contribution in [-0.4, -0.2) is 0 Å². The maximum atomic E-state index is 2.32. The van der Waals surface area contributed by atoms with Crippen molar-refractivity contribution in [3.63, 3.8) is 0 Å². The predicted octanol–water partition coefficient (Wildman–Crippen LogP) is 4.42. The van der Waals surface area contributed by atoms with Gasteiger partial charge in [0.25, 0.3) is 0 Å². The van der Waals surface area contributed by atoms with Crippen molar-refractivity contribution in [3.05, 3.63) is 34.7 Å². The number of hydrogen-bond acceptors (Lipinski definition) is 1. The first-order valence-electron chi connectivity index (χ1n) is 5.87. The number of benzene rings is 1. The molecule has 3 rings (SSSR count). The smallest absolute Gasteiger partial charge is 0.0348 e. The van der Waals surface area contributed by atoms with E-state index in [1.807, 2.05) is 11.3 Å². The zero-order valence-corrected chi connectivity index (χ0v) is 9.94. The molecule has 1 heteroatoms. The lowest BCUT2D eigenvalue weighted by Gasteiger charge is -2.20. The molecular formula is C14H16S. The number of fused-ring (bicyclic) bond motifs is 3. The Morgan fingerprint density at radius 2 is 2.20 bits per heavy atom. The monoisotopic (exact) mass is 216 g/mol. The van der Waals surface area contributed by atoms with Crippen LogP contribution in [0.5, 0.6) is 0 Å². The van der Waals surface area contributed by atoms with Gasteiger partial charge in [-0.25, -0.2) is 0 Å². The van der Waals surface area contributed by atoms with Gasteiger partial charge in [-0.3, -0.25) is 0 Å². The highest BCUT2D eigenvalue weighted by atomic mass is 32.1. The van der Waals surface area contributed by atoms with E-state index in [-0.39, 0.29) is 0 Å². The average molecular weight is 216 g/mol. The molecule has 78 valence electrons. The van der Waals surface area contributed by atoms with Gasteiger partial charge >= 0.3 is 0 Å². The highest BCUT2D eigenvalue weighted by Crippen LogP contribution is 2.38. The molecule has 1 aliphatic rings. The van der Waals surface area contributed by atoms with Crippen molar-refractivity contribution < 1.29 is 0 Å². The minimum Gasteiger partial charge on any atom is -0.140 e. The summed E-state index contributed by atoms with van der Waals surface area (Å²) in [7, 11) is 0. The molecule has 0 radical (unpaired) electrons. The fourth-order valence-electron chi connectivity index (χ4n) is 2.65. The Labute approximate surface area is 94.9 Å². The Kier molecular flexibility index (Phi) is 2.28. The summed E-state index contributed by atoms with van der Waals surface area (Å²) in [6, 6.07) is 8.87. The lowest BCUT2D eigenvalue weighted by molar-refractivity contribution is 0.451. The zero-order valence-electron chi connectivity index (χ0n) is 9.12. The first kappa shape index (κ1) is 9.41. The van der Waals surface area contributed by atoms with E-state index in [1.54, 1.807) is 10.4 Å². The molecule has 0 amide bonds. The fourth-order valence-corrected chi connectivity index (χ4v) is 4.02. The van der Waals surface area contributed by atoms with Gasteiger partial charge in [-0.15, -0.1) is 11.3 Å². The predicted molar refractivity (Wildman–Crippen MR) is 67.6 cm³/mol. The molecule has 0 fully saturated rings. The van der Waals surface area contributed by atoms with Crippen molar-refractivity contribution in [1.29, 1.82) is 0 Å². The van der Waals surface area contributed by atoms with Gasteiger partial charge in [0.1, 0.15) is 0 Å². The summed E-state index contributed by atoms with van der Waals surface area (Å²) in [5.74, 6) is 0.936. The van der Waals surface area contributed by atoms with Gasteiger partial charge in [-0.05, 0) is 42.2 Å². The summed E-state index contributed by atoms with van der Waals surface area (Å²) >= 11 is 2.02. The SMILES string of the molecule is CCC1CCc2c(sc3ccccc23)C1. The van der Waals surface area contributed by atoms with Crippen molar-refractivity contribution >= 4 is 21.4 Å². The van der Waals surface area contributed by atoms with Crippen LogP contribution >= 0.6 is 11.3 Å². The highest BCUT2D eigenvalue weighted by Gasteiger charge is 2.20. The van der Waals surface area contributed by atoms with E-state index in [9.17, 15) is 0 Å². The Hall–Kier alpha value is -0.820. The largest absolute Gasteiger partial charge is 0.140 e. The van der Waals surface area contributed by atoms with Crippen molar-refractivity contribution in [2.75, 3.05) is 0 Å². The molecule has 1 atom stereocenters. The molecule has 15 heavy (non-hydrogen) atoms. The zero-order chi connectivity index (χ0) is 10.3. The lowest BCUT2D eigenvalue weighted by atomic mass is 9.86. The van der Waals surface area contributed by atoms with E-state index in [2.05, 4.69) is 31.2 Å². The molecule has 0 saturated carbocycles. The van der Waals surface area contributed by atoms with E-state index < -0.39 is 0 Å². The summed E-state index contributed by atoms with van der Waals surface area (Å²) in [6.45, 7) is 2.32. The fraction of sp³-hybridized carbons (Fsp3) is 0.429. The Bertz CT molecular complexity index is 481. The summed E-state index contributed by atoms with van der Waals surface area (Å²) < 4.78 is 1.49. The van der Waals surface area contributed by atoms with Crippen LogP contribution in [0.15, 0.2) is 24.3 Å². The van der Waals surface area contributed by atoms with E-state index in [0.717, 1.165) is 5.92 Å². The molecule has 0 N–H and O–H groups in total. The third kappa shape index (κ3) is 1.50. The average Bonchev–Trinajstić information content (AvgIpc) is 2.66. The van der Waals surface area contributed by atoms with Crippen molar-refractivity contribution in [2.45, 2.75) is 32.6 Å². The molecule has 2 aromatic rings. The second-order valence-corrected chi connectivity index (χ2v) is 5.65. The third-order valence-corrected chi connectivity index (χ3v) is 4.87. The van der Waals surface area contributed by atoms with Gasteiger partial charge in [0, 0.05) is 9.58 Å². The molecule has 1 aliphatic carbocycles. The molecule has 0 saturated heterocycles. The van der Waals surface area contributed by atoms with Crippen molar-refractivity contribution in [3.8, 4) is 0 Å². The van der Waals surface area contributed by atoms with Gasteiger partial charge in [-0.1, -0.05) is 31.5 Å². The molecule has 1 aromatic carbocycles. The lowest BCUT2D eigenvalue weighted by Crippen LogP contribution is -2.10. The van der Waals surface area contributed by atoms with Crippen LogP contribution in [0.3, 0.4) is 0 Å². The van der Waals surface area contributed by atoms with Gasteiger partial charge in [-0.2, -0.15) is 0 Å². The van der Waals surface area contributed by atoms with Crippen LogP contribution in [0.1, 0.15) is 30.2 Å². The van der Waals surface area contributed by atoms with Crippen LogP contribution in [0.4, 0.5) is 0 Å². The first-order chi connectivity index (χ1) is 7.38. The minimum absolute atomic E-state index is 0.936. The van der Waals surface area contributed by atoms with Crippen LogP contribution in [-0.2, 0) is 12.8 Å². The Morgan fingerprint density at radius 1 is 1.33 bits per heavy atom. The second-order valence-electron chi connectivity index (χ2n) is 4.52. The normalized spacial score (nSPS) is 20.5. The van der Waals surface area contributed by atoms with Gasteiger partial charge < -0.3 is 0 Å². The summed E-state index contributed by atoms with van der Waals surface area (Å²) in [5, 5.41) is 1.52. The molecule has 0 nitrogen and oxygen atoms in total. The number of hydrogen-bond donors (Lipinski definition) is 0. The van der Waals surface area contributed by atoms with E-state index in [1.165, 1.54) is 35.8 Å². The van der Waals surface area contributed by atoms with Crippen LogP contribution in [0.25, 0.3) is 10.1 Å². The maximum Gasteiger partial charge on any atom is 0.0348 e. The van der Waals surface area contributed by atoms with Gasteiger partial charge in [0.15, 0.2) is 0 Å². The maximum absolute atomic E-state index is 2.32. The Balaban J connectivity index is 2.12. The van der Waals surface area contributed by atoms with Gasteiger partial charge in [0.05, 0.1) is 0 Å². The number of aryl methyl sites for hydroxylation is 1. The molecule has 1 aromatic heterocycles. The second kappa shape index (κ2) is 3.64. The van der Waals surface area contributed by atoms with Gasteiger partial charge in [0.2, 0.25) is 0 Å². The van der Waals surface area contributed by atoms with Crippen molar-refractivity contribution in [1.82, 2.24) is 0 Å². The van der Waals surface area contributed by atoms with Crippen molar-refractivity contribution in [2.24, 2.45) is 5.92 Å². The summed E-state index contributed by atoms with van der Waals surface area (Å²) in [4.78, 5) is 1.66.